The van der Waals surface area contributed by atoms with Crippen LogP contribution in [0, 0.1) is 6.92 Å². The monoisotopic (exact) mass is 308 g/mol. The summed E-state index contributed by atoms with van der Waals surface area (Å²) in [5.41, 5.74) is 1.51. The Hall–Kier alpha value is -1.99. The van der Waals surface area contributed by atoms with Gasteiger partial charge < -0.3 is 4.74 Å². The van der Waals surface area contributed by atoms with Gasteiger partial charge in [-0.05, 0) is 37.6 Å². The van der Waals surface area contributed by atoms with E-state index in [4.69, 9.17) is 4.74 Å². The molecule has 0 amide bonds. The van der Waals surface area contributed by atoms with E-state index in [2.05, 4.69) is 9.71 Å². The fourth-order valence-corrected chi connectivity index (χ4v) is 3.13. The number of nitrogens with zero attached hydrogens (tertiary/aromatic N) is 1. The second-order valence-electron chi connectivity index (χ2n) is 4.41. The maximum atomic E-state index is 12.3. The number of benzene rings is 1. The van der Waals surface area contributed by atoms with Crippen LogP contribution in [0.4, 0.5) is 0 Å². The third kappa shape index (κ3) is 3.37. The molecule has 0 unspecified atom stereocenters. The Morgan fingerprint density at radius 2 is 2.10 bits per heavy atom. The van der Waals surface area contributed by atoms with E-state index in [0.29, 0.717) is 10.9 Å². The number of pyridine rings is 1. The zero-order valence-electron chi connectivity index (χ0n) is 11.8. The molecule has 1 N–H and O–H groups in total. The lowest BCUT2D eigenvalue weighted by atomic mass is 10.1. The van der Waals surface area contributed by atoms with E-state index in [0.717, 1.165) is 5.56 Å². The zero-order valence-corrected chi connectivity index (χ0v) is 12.6. The van der Waals surface area contributed by atoms with E-state index in [-0.39, 0.29) is 11.5 Å². The molecule has 0 aliphatic carbocycles. The fourth-order valence-electron chi connectivity index (χ4n) is 1.97. The molecule has 2 aromatic rings. The van der Waals surface area contributed by atoms with E-state index < -0.39 is 22.5 Å². The number of rotatable bonds is 5. The number of esters is 1. The lowest BCUT2D eigenvalue weighted by Crippen LogP contribution is -2.30. The van der Waals surface area contributed by atoms with Crippen molar-refractivity contribution in [2.45, 2.75) is 18.7 Å². The Balaban J connectivity index is 2.37. The van der Waals surface area contributed by atoms with Crippen LogP contribution in [0.3, 0.4) is 0 Å². The van der Waals surface area contributed by atoms with Crippen LogP contribution in [0.15, 0.2) is 35.4 Å². The molecule has 1 heterocycles. The number of aryl methyl sites for hydroxylation is 1. The Morgan fingerprint density at radius 1 is 1.33 bits per heavy atom. The highest BCUT2D eigenvalue weighted by atomic mass is 32.2. The summed E-state index contributed by atoms with van der Waals surface area (Å²) >= 11 is 0. The lowest BCUT2D eigenvalue weighted by Gasteiger charge is -2.10. The fraction of sp³-hybridized carbons (Fsp3) is 0.286. The summed E-state index contributed by atoms with van der Waals surface area (Å²) in [6, 6.07) is 6.56. The second kappa shape index (κ2) is 6.19. The first-order valence-electron chi connectivity index (χ1n) is 6.45. The number of aromatic nitrogens is 1. The van der Waals surface area contributed by atoms with Gasteiger partial charge in [0.1, 0.15) is 6.54 Å². The molecule has 1 aromatic heterocycles. The summed E-state index contributed by atoms with van der Waals surface area (Å²) in [4.78, 5) is 15.6. The van der Waals surface area contributed by atoms with Gasteiger partial charge in [-0.3, -0.25) is 9.78 Å². The molecule has 0 spiro atoms. The molecule has 0 aliphatic heterocycles. The molecule has 21 heavy (non-hydrogen) atoms. The van der Waals surface area contributed by atoms with Gasteiger partial charge in [0.2, 0.25) is 10.0 Å². The summed E-state index contributed by atoms with van der Waals surface area (Å²) < 4.78 is 31.6. The van der Waals surface area contributed by atoms with Gasteiger partial charge in [-0.25, -0.2) is 8.42 Å². The van der Waals surface area contributed by atoms with Gasteiger partial charge in [0.05, 0.1) is 17.0 Å². The highest BCUT2D eigenvalue weighted by Gasteiger charge is 2.19. The van der Waals surface area contributed by atoms with Crippen LogP contribution in [-0.2, 0) is 19.6 Å². The number of hydrogen-bond acceptors (Lipinski definition) is 5. The SMILES string of the molecule is CCOC(=O)CNS(=O)(=O)c1ccc(C)c2ncccc12. The molecule has 0 aliphatic rings. The summed E-state index contributed by atoms with van der Waals surface area (Å²) in [6.07, 6.45) is 1.61. The summed E-state index contributed by atoms with van der Waals surface area (Å²) in [7, 11) is -3.81. The van der Waals surface area contributed by atoms with E-state index in [1.165, 1.54) is 6.07 Å². The molecule has 0 radical (unpaired) electrons. The second-order valence-corrected chi connectivity index (χ2v) is 6.15. The third-order valence-corrected chi connectivity index (χ3v) is 4.39. The highest BCUT2D eigenvalue weighted by molar-refractivity contribution is 7.89. The van der Waals surface area contributed by atoms with Crippen molar-refractivity contribution in [3.63, 3.8) is 0 Å². The molecule has 0 saturated carbocycles. The first kappa shape index (κ1) is 15.4. The standard InChI is InChI=1S/C14H16N2O4S/c1-3-20-13(17)9-16-21(18,19)12-7-6-10(2)14-11(12)5-4-8-15-14/h4-8,16H,3,9H2,1-2H3. The largest absolute Gasteiger partial charge is 0.465 e. The van der Waals surface area contributed by atoms with Gasteiger partial charge >= 0.3 is 5.97 Å². The Kier molecular flexibility index (Phi) is 4.54. The molecule has 2 rings (SSSR count). The molecule has 0 saturated heterocycles. The van der Waals surface area contributed by atoms with E-state index in [1.807, 2.05) is 6.92 Å². The van der Waals surface area contributed by atoms with Crippen LogP contribution in [-0.4, -0.2) is 32.5 Å². The van der Waals surface area contributed by atoms with E-state index in [1.54, 1.807) is 31.3 Å². The van der Waals surface area contributed by atoms with Gasteiger partial charge in [-0.2, -0.15) is 4.72 Å². The van der Waals surface area contributed by atoms with Gasteiger partial charge in [0.15, 0.2) is 0 Å². The molecular weight excluding hydrogens is 292 g/mol. The van der Waals surface area contributed by atoms with Crippen LogP contribution in [0.25, 0.3) is 10.9 Å². The van der Waals surface area contributed by atoms with Crippen molar-refractivity contribution in [3.05, 3.63) is 36.0 Å². The number of carbonyl (C=O) groups is 1. The van der Waals surface area contributed by atoms with Crippen LogP contribution in [0.2, 0.25) is 0 Å². The molecule has 6 nitrogen and oxygen atoms in total. The van der Waals surface area contributed by atoms with Gasteiger partial charge in [0, 0.05) is 11.6 Å². The maximum absolute atomic E-state index is 12.3. The number of ether oxygens (including phenoxy) is 1. The van der Waals surface area contributed by atoms with Crippen molar-refractivity contribution >= 4 is 26.9 Å². The minimum absolute atomic E-state index is 0.0977. The number of hydrogen-bond donors (Lipinski definition) is 1. The maximum Gasteiger partial charge on any atom is 0.321 e. The Bertz CT molecular complexity index is 772. The quantitative estimate of drug-likeness (QED) is 0.844. The minimum atomic E-state index is -3.81. The van der Waals surface area contributed by atoms with E-state index >= 15 is 0 Å². The topological polar surface area (TPSA) is 85.4 Å². The molecule has 0 atom stereocenters. The molecule has 0 bridgehead atoms. The minimum Gasteiger partial charge on any atom is -0.465 e. The van der Waals surface area contributed by atoms with Crippen molar-refractivity contribution in [3.8, 4) is 0 Å². The summed E-state index contributed by atoms with van der Waals surface area (Å²) in [5.74, 6) is -0.615. The Labute approximate surface area is 123 Å². The number of carbonyl (C=O) groups excluding carboxylic acids is 1. The van der Waals surface area contributed by atoms with Crippen LogP contribution < -0.4 is 4.72 Å². The van der Waals surface area contributed by atoms with Crippen molar-refractivity contribution in [2.24, 2.45) is 0 Å². The van der Waals surface area contributed by atoms with Crippen molar-refractivity contribution in [1.82, 2.24) is 9.71 Å². The van der Waals surface area contributed by atoms with Crippen LogP contribution in [0.1, 0.15) is 12.5 Å². The van der Waals surface area contributed by atoms with Crippen LogP contribution >= 0.6 is 0 Å². The normalized spacial score (nSPS) is 11.5. The molecule has 112 valence electrons. The van der Waals surface area contributed by atoms with Gasteiger partial charge in [0.25, 0.3) is 0 Å². The summed E-state index contributed by atoms with van der Waals surface area (Å²) in [5, 5.41) is 0.522. The average molecular weight is 308 g/mol. The first-order valence-corrected chi connectivity index (χ1v) is 7.93. The number of sulfonamides is 1. The smallest absolute Gasteiger partial charge is 0.321 e. The Morgan fingerprint density at radius 3 is 2.81 bits per heavy atom. The molecular formula is C14H16N2O4S. The lowest BCUT2D eigenvalue weighted by molar-refractivity contribution is -0.141. The number of nitrogens with one attached hydrogen (secondary N) is 1. The zero-order chi connectivity index (χ0) is 15.5. The van der Waals surface area contributed by atoms with Crippen LogP contribution in [0.5, 0.6) is 0 Å². The van der Waals surface area contributed by atoms with Crippen molar-refractivity contribution < 1.29 is 17.9 Å². The predicted molar refractivity (Wildman–Crippen MR) is 78.3 cm³/mol. The van der Waals surface area contributed by atoms with Gasteiger partial charge in [-0.15, -0.1) is 0 Å². The van der Waals surface area contributed by atoms with Crippen molar-refractivity contribution in [1.29, 1.82) is 0 Å². The highest BCUT2D eigenvalue weighted by Crippen LogP contribution is 2.23. The van der Waals surface area contributed by atoms with Crippen molar-refractivity contribution in [2.75, 3.05) is 13.2 Å². The summed E-state index contributed by atoms with van der Waals surface area (Å²) in [6.45, 7) is 3.33. The third-order valence-electron chi connectivity index (χ3n) is 2.93. The van der Waals surface area contributed by atoms with E-state index in [9.17, 15) is 13.2 Å². The first-order chi connectivity index (χ1) is 9.95. The molecule has 0 fully saturated rings. The number of fused-ring (bicyclic) bond motifs is 1. The average Bonchev–Trinajstić information content (AvgIpc) is 2.46. The van der Waals surface area contributed by atoms with Gasteiger partial charge in [-0.1, -0.05) is 6.07 Å². The molecule has 7 heteroatoms. The molecule has 1 aromatic carbocycles. The predicted octanol–water partition coefficient (Wildman–Crippen LogP) is 1.38.